The number of ether oxygens (including phenoxy) is 1. The second-order valence-electron chi connectivity index (χ2n) is 5.59. The first-order chi connectivity index (χ1) is 11.2. The molecule has 120 valence electrons. The maximum Gasteiger partial charge on any atom is 0.270 e. The van der Waals surface area contributed by atoms with Gasteiger partial charge < -0.3 is 10.1 Å². The number of anilines is 1. The number of nitrogens with zero attached hydrogens (tertiary/aromatic N) is 2. The Morgan fingerprint density at radius 2 is 2.17 bits per heavy atom. The van der Waals surface area contributed by atoms with E-state index in [2.05, 4.69) is 16.5 Å². The summed E-state index contributed by atoms with van der Waals surface area (Å²) in [6.07, 6.45) is 5.78. The van der Waals surface area contributed by atoms with Crippen molar-refractivity contribution in [2.75, 3.05) is 12.4 Å². The molecule has 0 saturated heterocycles. The molecule has 1 heterocycles. The van der Waals surface area contributed by atoms with Gasteiger partial charge in [0.05, 0.1) is 13.3 Å². The highest BCUT2D eigenvalue weighted by Gasteiger charge is 2.15. The van der Waals surface area contributed by atoms with Crippen LogP contribution < -0.4 is 15.6 Å². The number of rotatable bonds is 4. The van der Waals surface area contributed by atoms with Gasteiger partial charge in [-0.25, -0.2) is 4.68 Å². The molecular formula is C17H19N3O3. The molecule has 1 N–H and O–H groups in total. The monoisotopic (exact) mass is 313 g/mol. The Balaban J connectivity index is 1.74. The zero-order valence-corrected chi connectivity index (χ0v) is 13.0. The van der Waals surface area contributed by atoms with Crippen molar-refractivity contribution in [2.24, 2.45) is 0 Å². The largest absolute Gasteiger partial charge is 0.495 e. The smallest absolute Gasteiger partial charge is 0.270 e. The number of hydrogen-bond acceptors (Lipinski definition) is 4. The van der Waals surface area contributed by atoms with E-state index in [0.717, 1.165) is 29.6 Å². The molecule has 0 bridgehead atoms. The molecular weight excluding hydrogens is 294 g/mol. The molecule has 1 amide bonds. The van der Waals surface area contributed by atoms with E-state index in [1.807, 2.05) is 12.1 Å². The number of nitrogens with one attached hydrogen (secondary N) is 1. The predicted octanol–water partition coefficient (Wildman–Crippen LogP) is 1.77. The van der Waals surface area contributed by atoms with Gasteiger partial charge in [-0.1, -0.05) is 12.1 Å². The molecule has 23 heavy (non-hydrogen) atoms. The SMILES string of the molecule is COc1cnn(CC(=O)Nc2cccc3c2CCCC3)c(=O)c1. The van der Waals surface area contributed by atoms with Gasteiger partial charge in [-0.3, -0.25) is 9.59 Å². The van der Waals surface area contributed by atoms with Gasteiger partial charge in [-0.05, 0) is 42.9 Å². The molecule has 0 saturated carbocycles. The number of carbonyl (C=O) groups is 1. The summed E-state index contributed by atoms with van der Waals surface area (Å²) in [7, 11) is 1.46. The Bertz CT molecular complexity index is 783. The highest BCUT2D eigenvalue weighted by Crippen LogP contribution is 2.27. The molecule has 6 heteroatoms. The van der Waals surface area contributed by atoms with Crippen molar-refractivity contribution in [3.63, 3.8) is 0 Å². The lowest BCUT2D eigenvalue weighted by molar-refractivity contribution is -0.117. The van der Waals surface area contributed by atoms with E-state index in [1.54, 1.807) is 0 Å². The lowest BCUT2D eigenvalue weighted by Crippen LogP contribution is -2.29. The number of carbonyl (C=O) groups excluding carboxylic acids is 1. The number of hydrogen-bond donors (Lipinski definition) is 1. The Labute approximate surface area is 134 Å². The average molecular weight is 313 g/mol. The van der Waals surface area contributed by atoms with Crippen LogP contribution in [0.2, 0.25) is 0 Å². The third-order valence-corrected chi connectivity index (χ3v) is 4.04. The number of fused-ring (bicyclic) bond motifs is 1. The molecule has 0 aliphatic heterocycles. The van der Waals surface area contributed by atoms with Crippen LogP contribution in [-0.4, -0.2) is 22.8 Å². The first-order valence-electron chi connectivity index (χ1n) is 7.69. The zero-order valence-electron chi connectivity index (χ0n) is 13.0. The fraction of sp³-hybridized carbons (Fsp3) is 0.353. The van der Waals surface area contributed by atoms with E-state index >= 15 is 0 Å². The first kappa shape index (κ1) is 15.3. The van der Waals surface area contributed by atoms with E-state index in [0.29, 0.717) is 5.75 Å². The molecule has 3 rings (SSSR count). The van der Waals surface area contributed by atoms with Crippen molar-refractivity contribution in [2.45, 2.75) is 32.2 Å². The van der Waals surface area contributed by atoms with Crippen LogP contribution in [0.5, 0.6) is 5.75 Å². The first-order valence-corrected chi connectivity index (χ1v) is 7.69. The predicted molar refractivity (Wildman–Crippen MR) is 86.8 cm³/mol. The van der Waals surface area contributed by atoms with Crippen LogP contribution in [0.4, 0.5) is 5.69 Å². The summed E-state index contributed by atoms with van der Waals surface area (Å²) in [5.41, 5.74) is 2.99. The van der Waals surface area contributed by atoms with Gasteiger partial charge in [-0.15, -0.1) is 0 Å². The highest BCUT2D eigenvalue weighted by molar-refractivity contribution is 5.91. The van der Waals surface area contributed by atoms with Crippen LogP contribution in [0.15, 0.2) is 35.3 Å². The van der Waals surface area contributed by atoms with E-state index in [-0.39, 0.29) is 18.0 Å². The number of aromatic nitrogens is 2. The Morgan fingerprint density at radius 1 is 1.35 bits per heavy atom. The van der Waals surface area contributed by atoms with Crippen LogP contribution in [0.1, 0.15) is 24.0 Å². The zero-order chi connectivity index (χ0) is 16.2. The summed E-state index contributed by atoms with van der Waals surface area (Å²) < 4.78 is 6.05. The molecule has 0 unspecified atom stereocenters. The maximum atomic E-state index is 12.2. The summed E-state index contributed by atoms with van der Waals surface area (Å²) in [4.78, 5) is 24.1. The van der Waals surface area contributed by atoms with Gasteiger partial charge in [-0.2, -0.15) is 5.10 Å². The minimum Gasteiger partial charge on any atom is -0.495 e. The number of benzene rings is 1. The van der Waals surface area contributed by atoms with Gasteiger partial charge in [0, 0.05) is 11.8 Å². The van der Waals surface area contributed by atoms with Gasteiger partial charge in [0.1, 0.15) is 12.3 Å². The van der Waals surface area contributed by atoms with Crippen molar-refractivity contribution >= 4 is 11.6 Å². The Kier molecular flexibility index (Phi) is 4.41. The second kappa shape index (κ2) is 6.64. The quantitative estimate of drug-likeness (QED) is 0.933. The summed E-state index contributed by atoms with van der Waals surface area (Å²) in [5.74, 6) is 0.118. The second-order valence-corrected chi connectivity index (χ2v) is 5.59. The van der Waals surface area contributed by atoms with Crippen LogP contribution in [0.3, 0.4) is 0 Å². The van der Waals surface area contributed by atoms with E-state index in [1.165, 1.54) is 36.9 Å². The third kappa shape index (κ3) is 3.41. The van der Waals surface area contributed by atoms with Crippen molar-refractivity contribution in [1.82, 2.24) is 9.78 Å². The topological polar surface area (TPSA) is 73.2 Å². The molecule has 0 spiro atoms. The molecule has 0 fully saturated rings. The van der Waals surface area contributed by atoms with Crippen LogP contribution in [0, 0.1) is 0 Å². The Morgan fingerprint density at radius 3 is 2.96 bits per heavy atom. The Hall–Kier alpha value is -2.63. The van der Waals surface area contributed by atoms with Crippen LogP contribution in [-0.2, 0) is 24.2 Å². The van der Waals surface area contributed by atoms with Crippen molar-refractivity contribution in [1.29, 1.82) is 0 Å². The van der Waals surface area contributed by atoms with Crippen molar-refractivity contribution < 1.29 is 9.53 Å². The summed E-state index contributed by atoms with van der Waals surface area (Å²) in [6.45, 7) is -0.119. The summed E-state index contributed by atoms with van der Waals surface area (Å²) in [6, 6.07) is 7.29. The highest BCUT2D eigenvalue weighted by atomic mass is 16.5. The van der Waals surface area contributed by atoms with Gasteiger partial charge in [0.25, 0.3) is 5.56 Å². The summed E-state index contributed by atoms with van der Waals surface area (Å²) >= 11 is 0. The average Bonchev–Trinajstić information content (AvgIpc) is 2.57. The van der Waals surface area contributed by atoms with E-state index in [9.17, 15) is 9.59 Å². The van der Waals surface area contributed by atoms with Crippen molar-refractivity contribution in [3.05, 3.63) is 51.9 Å². The molecule has 1 aromatic carbocycles. The standard InChI is InChI=1S/C17H19N3O3/c1-23-13-9-17(22)20(18-10-13)11-16(21)19-15-8-4-6-12-5-2-3-7-14(12)15/h4,6,8-10H,2-3,5,7,11H2,1H3,(H,19,21). The normalized spacial score (nSPS) is 13.3. The molecule has 2 aromatic rings. The molecule has 0 atom stereocenters. The fourth-order valence-electron chi connectivity index (χ4n) is 2.87. The number of aryl methyl sites for hydroxylation is 1. The molecule has 1 aliphatic carbocycles. The molecule has 0 radical (unpaired) electrons. The minimum absolute atomic E-state index is 0.119. The van der Waals surface area contributed by atoms with Crippen LogP contribution in [0.25, 0.3) is 0 Å². The van der Waals surface area contributed by atoms with E-state index < -0.39 is 0 Å². The van der Waals surface area contributed by atoms with E-state index in [4.69, 9.17) is 4.74 Å². The maximum absolute atomic E-state index is 12.2. The fourth-order valence-corrected chi connectivity index (χ4v) is 2.87. The number of amides is 1. The number of methoxy groups -OCH3 is 1. The third-order valence-electron chi connectivity index (χ3n) is 4.04. The lowest BCUT2D eigenvalue weighted by atomic mass is 9.90. The van der Waals surface area contributed by atoms with Gasteiger partial charge in [0.2, 0.25) is 5.91 Å². The lowest BCUT2D eigenvalue weighted by Gasteiger charge is -2.19. The van der Waals surface area contributed by atoms with Crippen LogP contribution >= 0.6 is 0 Å². The summed E-state index contributed by atoms with van der Waals surface area (Å²) in [5, 5.41) is 6.84. The van der Waals surface area contributed by atoms with Gasteiger partial charge in [0.15, 0.2) is 0 Å². The molecule has 6 nitrogen and oxygen atoms in total. The van der Waals surface area contributed by atoms with Crippen molar-refractivity contribution in [3.8, 4) is 5.75 Å². The minimum atomic E-state index is -0.366. The molecule has 1 aromatic heterocycles. The molecule has 1 aliphatic rings. The van der Waals surface area contributed by atoms with Gasteiger partial charge >= 0.3 is 0 Å².